The lowest BCUT2D eigenvalue weighted by Crippen LogP contribution is -2.44. The predicted octanol–water partition coefficient (Wildman–Crippen LogP) is 3.19. The number of unbranched alkanes of at least 4 members (excludes halogenated alkanes) is 1. The smallest absolute Gasteiger partial charge is 0.328 e. The van der Waals surface area contributed by atoms with E-state index in [1.807, 2.05) is 6.92 Å². The highest BCUT2D eigenvalue weighted by molar-refractivity contribution is 6.30. The quantitative estimate of drug-likeness (QED) is 0.869. The standard InChI is InChI=1S/C12H16ClNO2.ClH/c1-2-3-8-12(14,11(15)16)9-4-6-10(13)7-5-9;/h4-7H,2-3,8,14H2,1H3,(H,15,16);1H/t12-;/m1./s1. The second-order valence-electron chi connectivity index (χ2n) is 3.89. The van der Waals surface area contributed by atoms with Crippen LogP contribution in [0.15, 0.2) is 24.3 Å². The van der Waals surface area contributed by atoms with Crippen molar-refractivity contribution in [2.24, 2.45) is 5.73 Å². The number of hydrogen-bond acceptors (Lipinski definition) is 2. The first-order valence-corrected chi connectivity index (χ1v) is 5.67. The van der Waals surface area contributed by atoms with Crippen molar-refractivity contribution >= 4 is 30.0 Å². The van der Waals surface area contributed by atoms with Crippen LogP contribution in [0, 0.1) is 0 Å². The monoisotopic (exact) mass is 277 g/mol. The molecule has 1 rings (SSSR count). The van der Waals surface area contributed by atoms with Crippen LogP contribution in [0.2, 0.25) is 5.02 Å². The zero-order chi connectivity index (χ0) is 12.2. The Morgan fingerprint density at radius 3 is 2.35 bits per heavy atom. The van der Waals surface area contributed by atoms with Crippen LogP contribution in [0.1, 0.15) is 31.7 Å². The van der Waals surface area contributed by atoms with Gasteiger partial charge in [-0.05, 0) is 24.1 Å². The van der Waals surface area contributed by atoms with Gasteiger partial charge in [-0.15, -0.1) is 12.4 Å². The van der Waals surface area contributed by atoms with E-state index in [9.17, 15) is 9.90 Å². The summed E-state index contributed by atoms with van der Waals surface area (Å²) in [6.45, 7) is 2.00. The molecule has 1 aromatic carbocycles. The number of aliphatic carboxylic acids is 1. The molecule has 0 unspecified atom stereocenters. The maximum atomic E-state index is 11.3. The zero-order valence-corrected chi connectivity index (χ0v) is 11.2. The van der Waals surface area contributed by atoms with E-state index in [2.05, 4.69) is 0 Å². The van der Waals surface area contributed by atoms with Crippen LogP contribution in [0.25, 0.3) is 0 Å². The molecule has 3 nitrogen and oxygen atoms in total. The summed E-state index contributed by atoms with van der Waals surface area (Å²) in [6, 6.07) is 6.67. The molecule has 0 spiro atoms. The summed E-state index contributed by atoms with van der Waals surface area (Å²) in [5, 5.41) is 9.80. The van der Waals surface area contributed by atoms with E-state index in [4.69, 9.17) is 17.3 Å². The van der Waals surface area contributed by atoms with Crippen molar-refractivity contribution in [3.63, 3.8) is 0 Å². The Morgan fingerprint density at radius 1 is 1.41 bits per heavy atom. The summed E-state index contributed by atoms with van der Waals surface area (Å²) in [4.78, 5) is 11.3. The van der Waals surface area contributed by atoms with E-state index < -0.39 is 11.5 Å². The molecule has 0 aliphatic carbocycles. The Hall–Kier alpha value is -0.770. The second kappa shape index (κ2) is 6.84. The Morgan fingerprint density at radius 2 is 1.94 bits per heavy atom. The van der Waals surface area contributed by atoms with Crippen molar-refractivity contribution in [3.8, 4) is 0 Å². The number of carboxylic acids is 1. The highest BCUT2D eigenvalue weighted by Crippen LogP contribution is 2.26. The maximum absolute atomic E-state index is 11.3. The van der Waals surface area contributed by atoms with Gasteiger partial charge in [0, 0.05) is 5.02 Å². The van der Waals surface area contributed by atoms with Crippen LogP contribution in [0.5, 0.6) is 0 Å². The summed E-state index contributed by atoms with van der Waals surface area (Å²) in [5.41, 5.74) is 5.25. The van der Waals surface area contributed by atoms with Gasteiger partial charge in [0.1, 0.15) is 5.54 Å². The largest absolute Gasteiger partial charge is 0.480 e. The molecule has 1 aromatic rings. The van der Waals surface area contributed by atoms with Gasteiger partial charge in [0.2, 0.25) is 0 Å². The number of benzene rings is 1. The first kappa shape index (κ1) is 16.2. The number of rotatable bonds is 5. The average molecular weight is 278 g/mol. The van der Waals surface area contributed by atoms with Gasteiger partial charge in [0.15, 0.2) is 0 Å². The third kappa shape index (κ3) is 3.87. The molecular formula is C12H17Cl2NO2. The van der Waals surface area contributed by atoms with Crippen LogP contribution in [-0.4, -0.2) is 11.1 Å². The van der Waals surface area contributed by atoms with Gasteiger partial charge in [-0.1, -0.05) is 43.5 Å². The van der Waals surface area contributed by atoms with E-state index in [0.29, 0.717) is 17.0 Å². The van der Waals surface area contributed by atoms with E-state index in [-0.39, 0.29) is 12.4 Å². The molecule has 3 N–H and O–H groups in total. The minimum absolute atomic E-state index is 0. The van der Waals surface area contributed by atoms with Crippen molar-refractivity contribution in [1.82, 2.24) is 0 Å². The van der Waals surface area contributed by atoms with E-state index in [1.165, 1.54) is 0 Å². The van der Waals surface area contributed by atoms with Crippen molar-refractivity contribution in [2.45, 2.75) is 31.7 Å². The SMILES string of the molecule is CCCC[C@](N)(C(=O)O)c1ccc(Cl)cc1.Cl. The van der Waals surface area contributed by atoms with Crippen molar-refractivity contribution in [2.75, 3.05) is 0 Å². The van der Waals surface area contributed by atoms with E-state index >= 15 is 0 Å². The molecule has 0 saturated heterocycles. The van der Waals surface area contributed by atoms with E-state index in [1.54, 1.807) is 24.3 Å². The fourth-order valence-corrected chi connectivity index (χ4v) is 1.70. The van der Waals surface area contributed by atoms with Crippen LogP contribution in [0.4, 0.5) is 0 Å². The summed E-state index contributed by atoms with van der Waals surface area (Å²) in [5.74, 6) is -0.997. The van der Waals surface area contributed by atoms with Crippen LogP contribution < -0.4 is 5.73 Å². The number of hydrogen-bond donors (Lipinski definition) is 2. The summed E-state index contributed by atoms with van der Waals surface area (Å²) in [6.07, 6.45) is 2.13. The predicted molar refractivity (Wildman–Crippen MR) is 71.7 cm³/mol. The van der Waals surface area contributed by atoms with Crippen LogP contribution in [0.3, 0.4) is 0 Å². The van der Waals surface area contributed by atoms with Crippen LogP contribution >= 0.6 is 24.0 Å². The summed E-state index contributed by atoms with van der Waals surface area (Å²) >= 11 is 5.76. The lowest BCUT2D eigenvalue weighted by molar-refractivity contribution is -0.144. The van der Waals surface area contributed by atoms with Gasteiger partial charge >= 0.3 is 5.97 Å². The van der Waals surface area contributed by atoms with Gasteiger partial charge < -0.3 is 10.8 Å². The Bertz CT molecular complexity index is 367. The van der Waals surface area contributed by atoms with Gasteiger partial charge in [0.05, 0.1) is 0 Å². The zero-order valence-electron chi connectivity index (χ0n) is 9.65. The van der Waals surface area contributed by atoms with Gasteiger partial charge in [-0.25, -0.2) is 4.79 Å². The maximum Gasteiger partial charge on any atom is 0.328 e. The van der Waals surface area contributed by atoms with Crippen LogP contribution in [-0.2, 0) is 10.3 Å². The summed E-state index contributed by atoms with van der Waals surface area (Å²) < 4.78 is 0. The first-order valence-electron chi connectivity index (χ1n) is 5.29. The minimum atomic E-state index is -1.30. The first-order chi connectivity index (χ1) is 7.50. The third-order valence-electron chi connectivity index (χ3n) is 2.67. The minimum Gasteiger partial charge on any atom is -0.480 e. The van der Waals surface area contributed by atoms with Crippen molar-refractivity contribution in [3.05, 3.63) is 34.9 Å². The second-order valence-corrected chi connectivity index (χ2v) is 4.32. The highest BCUT2D eigenvalue weighted by atomic mass is 35.5. The Balaban J connectivity index is 0.00000256. The molecule has 0 fully saturated rings. The molecule has 17 heavy (non-hydrogen) atoms. The average Bonchev–Trinajstić information content (AvgIpc) is 2.26. The number of halogens is 2. The van der Waals surface area contributed by atoms with Crippen molar-refractivity contribution in [1.29, 1.82) is 0 Å². The third-order valence-corrected chi connectivity index (χ3v) is 2.92. The number of carboxylic acid groups (broad SMARTS) is 1. The highest BCUT2D eigenvalue weighted by Gasteiger charge is 2.35. The fraction of sp³-hybridized carbons (Fsp3) is 0.417. The van der Waals surface area contributed by atoms with Gasteiger partial charge in [0.25, 0.3) is 0 Å². The molecule has 0 saturated carbocycles. The normalized spacial score (nSPS) is 13.6. The Labute approximate surface area is 112 Å². The van der Waals surface area contributed by atoms with Crippen molar-refractivity contribution < 1.29 is 9.90 Å². The molecule has 1 atom stereocenters. The van der Waals surface area contributed by atoms with Gasteiger partial charge in [-0.2, -0.15) is 0 Å². The van der Waals surface area contributed by atoms with E-state index in [0.717, 1.165) is 12.8 Å². The topological polar surface area (TPSA) is 63.3 Å². The molecule has 96 valence electrons. The summed E-state index contributed by atoms with van der Waals surface area (Å²) in [7, 11) is 0. The molecule has 0 aliphatic heterocycles. The number of carbonyl (C=O) groups is 1. The molecule has 0 heterocycles. The molecule has 0 bridgehead atoms. The Kier molecular flexibility index (Phi) is 6.53. The fourth-order valence-electron chi connectivity index (χ4n) is 1.58. The molecule has 0 aliphatic rings. The lowest BCUT2D eigenvalue weighted by atomic mass is 9.86. The lowest BCUT2D eigenvalue weighted by Gasteiger charge is -2.25. The molecule has 0 aromatic heterocycles. The molecular weight excluding hydrogens is 261 g/mol. The number of nitrogens with two attached hydrogens (primary N) is 1. The molecule has 0 amide bonds. The van der Waals surface area contributed by atoms with Gasteiger partial charge in [-0.3, -0.25) is 0 Å². The molecule has 0 radical (unpaired) electrons. The molecule has 5 heteroatoms.